The van der Waals surface area contributed by atoms with Crippen LogP contribution in [0.5, 0.6) is 0 Å². The highest BCUT2D eigenvalue weighted by atomic mass is 16.4. The van der Waals surface area contributed by atoms with E-state index in [0.29, 0.717) is 22.4 Å². The number of fused-ring (bicyclic) bond motifs is 1. The summed E-state index contributed by atoms with van der Waals surface area (Å²) < 4.78 is 6.37. The van der Waals surface area contributed by atoms with E-state index in [1.807, 2.05) is 0 Å². The van der Waals surface area contributed by atoms with Crippen LogP contribution in [-0.2, 0) is 7.05 Å². The monoisotopic (exact) mass is 259 g/mol. The van der Waals surface area contributed by atoms with Crippen molar-refractivity contribution in [2.45, 2.75) is 0 Å². The summed E-state index contributed by atoms with van der Waals surface area (Å²) in [5.41, 5.74) is 1.91. The number of H-pyrrole nitrogens is 1. The van der Waals surface area contributed by atoms with Crippen molar-refractivity contribution in [3.8, 4) is 11.3 Å². The van der Waals surface area contributed by atoms with Gasteiger partial charge in [-0.25, -0.2) is 14.6 Å². The number of carboxylic acid groups (broad SMARTS) is 1. The maximum atomic E-state index is 11.2. The molecular formula is C12H9N3O4. The number of aromatic amines is 1. The second kappa shape index (κ2) is 3.84. The third-order valence-corrected chi connectivity index (χ3v) is 2.83. The van der Waals surface area contributed by atoms with Crippen LogP contribution in [0.15, 0.2) is 33.7 Å². The Bertz CT molecular complexity index is 840. The Morgan fingerprint density at radius 2 is 2.26 bits per heavy atom. The molecule has 3 rings (SSSR count). The number of benzene rings is 1. The number of oxazole rings is 1. The molecule has 0 saturated carbocycles. The van der Waals surface area contributed by atoms with Gasteiger partial charge in [0.2, 0.25) is 0 Å². The van der Waals surface area contributed by atoms with Gasteiger partial charge in [0.1, 0.15) is 5.69 Å². The molecule has 0 fully saturated rings. The molecule has 1 aromatic carbocycles. The number of imidazole rings is 1. The molecule has 0 bridgehead atoms. The van der Waals surface area contributed by atoms with E-state index in [2.05, 4.69) is 9.97 Å². The van der Waals surface area contributed by atoms with E-state index in [0.717, 1.165) is 0 Å². The fourth-order valence-electron chi connectivity index (χ4n) is 1.99. The molecule has 0 aliphatic carbocycles. The summed E-state index contributed by atoms with van der Waals surface area (Å²) in [6.07, 6.45) is 1.43. The molecule has 0 aliphatic heterocycles. The first kappa shape index (κ1) is 11.3. The SMILES string of the molecule is Cn1cnc(-c2ccc3[nH]c(=O)oc3c2)c1C(=O)O. The molecule has 3 aromatic rings. The quantitative estimate of drug-likeness (QED) is 0.720. The van der Waals surface area contributed by atoms with Crippen LogP contribution in [0.4, 0.5) is 0 Å². The second-order valence-corrected chi connectivity index (χ2v) is 4.08. The summed E-state index contributed by atoms with van der Waals surface area (Å²) in [7, 11) is 1.61. The molecule has 19 heavy (non-hydrogen) atoms. The number of aryl methyl sites for hydroxylation is 1. The smallest absolute Gasteiger partial charge is 0.417 e. The lowest BCUT2D eigenvalue weighted by Crippen LogP contribution is -2.05. The van der Waals surface area contributed by atoms with Gasteiger partial charge in [-0.15, -0.1) is 0 Å². The van der Waals surface area contributed by atoms with Gasteiger partial charge in [0.15, 0.2) is 11.3 Å². The van der Waals surface area contributed by atoms with Gasteiger partial charge in [0.05, 0.1) is 11.8 Å². The van der Waals surface area contributed by atoms with Crippen molar-refractivity contribution in [1.29, 1.82) is 0 Å². The maximum absolute atomic E-state index is 11.2. The molecule has 0 amide bonds. The zero-order valence-corrected chi connectivity index (χ0v) is 9.88. The van der Waals surface area contributed by atoms with Gasteiger partial charge in [-0.3, -0.25) is 4.98 Å². The van der Waals surface area contributed by atoms with Crippen molar-refractivity contribution in [3.05, 3.63) is 40.8 Å². The Labute approximate surface area is 106 Å². The Balaban J connectivity index is 2.24. The minimum atomic E-state index is -1.06. The molecule has 0 radical (unpaired) electrons. The van der Waals surface area contributed by atoms with Crippen LogP contribution in [0, 0.1) is 0 Å². The van der Waals surface area contributed by atoms with Crippen molar-refractivity contribution >= 4 is 17.1 Å². The average Bonchev–Trinajstić information content (AvgIpc) is 2.89. The summed E-state index contributed by atoms with van der Waals surface area (Å²) in [6.45, 7) is 0. The summed E-state index contributed by atoms with van der Waals surface area (Å²) in [5, 5.41) is 9.17. The standard InChI is InChI=1S/C12H9N3O4/c1-15-5-13-9(10(15)11(16)17)6-2-3-7-8(4-6)19-12(18)14-7/h2-5H,1H3,(H,14,18)(H,16,17). The lowest BCUT2D eigenvalue weighted by molar-refractivity contribution is 0.0687. The summed E-state index contributed by atoms with van der Waals surface area (Å²) >= 11 is 0. The molecular weight excluding hydrogens is 250 g/mol. The van der Waals surface area contributed by atoms with Crippen LogP contribution in [0.1, 0.15) is 10.5 Å². The van der Waals surface area contributed by atoms with E-state index in [1.165, 1.54) is 10.9 Å². The number of nitrogens with one attached hydrogen (secondary N) is 1. The molecule has 0 spiro atoms. The topological polar surface area (TPSA) is 101 Å². The van der Waals surface area contributed by atoms with E-state index >= 15 is 0 Å². The number of nitrogens with zero attached hydrogens (tertiary/aromatic N) is 2. The highest BCUT2D eigenvalue weighted by molar-refractivity contribution is 5.94. The Kier molecular flexibility index (Phi) is 2.28. The zero-order valence-electron chi connectivity index (χ0n) is 9.88. The van der Waals surface area contributed by atoms with Crippen LogP contribution in [0.2, 0.25) is 0 Å². The molecule has 2 N–H and O–H groups in total. The largest absolute Gasteiger partial charge is 0.477 e. The van der Waals surface area contributed by atoms with E-state index in [4.69, 9.17) is 4.42 Å². The Morgan fingerprint density at radius 3 is 3.00 bits per heavy atom. The van der Waals surface area contributed by atoms with Gasteiger partial charge in [-0.2, -0.15) is 0 Å². The molecule has 2 heterocycles. The predicted molar refractivity (Wildman–Crippen MR) is 66.0 cm³/mol. The van der Waals surface area contributed by atoms with Crippen molar-refractivity contribution in [2.24, 2.45) is 7.05 Å². The molecule has 7 nitrogen and oxygen atoms in total. The predicted octanol–water partition coefficient (Wildman–Crippen LogP) is 1.22. The molecule has 0 unspecified atom stereocenters. The minimum absolute atomic E-state index is 0.0808. The number of hydrogen-bond donors (Lipinski definition) is 2. The van der Waals surface area contributed by atoms with Crippen molar-refractivity contribution in [2.75, 3.05) is 0 Å². The average molecular weight is 259 g/mol. The number of rotatable bonds is 2. The summed E-state index contributed by atoms with van der Waals surface area (Å²) in [4.78, 5) is 28.9. The van der Waals surface area contributed by atoms with E-state index in [-0.39, 0.29) is 5.69 Å². The molecule has 7 heteroatoms. The highest BCUT2D eigenvalue weighted by Crippen LogP contribution is 2.24. The van der Waals surface area contributed by atoms with Crippen LogP contribution in [0.25, 0.3) is 22.4 Å². The lowest BCUT2D eigenvalue weighted by atomic mass is 10.1. The van der Waals surface area contributed by atoms with Crippen LogP contribution < -0.4 is 5.76 Å². The normalized spacial score (nSPS) is 11.0. The van der Waals surface area contributed by atoms with Gasteiger partial charge in [-0.05, 0) is 12.1 Å². The molecule has 0 saturated heterocycles. The zero-order chi connectivity index (χ0) is 13.6. The maximum Gasteiger partial charge on any atom is 0.417 e. The first-order valence-corrected chi connectivity index (χ1v) is 5.44. The lowest BCUT2D eigenvalue weighted by Gasteiger charge is -2.01. The fraction of sp³-hybridized carbons (Fsp3) is 0.0833. The van der Waals surface area contributed by atoms with Crippen molar-refractivity contribution in [3.63, 3.8) is 0 Å². The van der Waals surface area contributed by atoms with Crippen LogP contribution in [-0.4, -0.2) is 25.6 Å². The van der Waals surface area contributed by atoms with Gasteiger partial charge >= 0.3 is 11.7 Å². The second-order valence-electron chi connectivity index (χ2n) is 4.08. The molecule has 96 valence electrons. The van der Waals surface area contributed by atoms with Crippen molar-refractivity contribution in [1.82, 2.24) is 14.5 Å². The van der Waals surface area contributed by atoms with E-state index < -0.39 is 11.7 Å². The van der Waals surface area contributed by atoms with Crippen LogP contribution >= 0.6 is 0 Å². The summed E-state index contributed by atoms with van der Waals surface area (Å²) in [5.74, 6) is -1.61. The highest BCUT2D eigenvalue weighted by Gasteiger charge is 2.18. The number of carbonyl (C=O) groups is 1. The molecule has 2 aromatic heterocycles. The number of aromatic nitrogens is 3. The van der Waals surface area contributed by atoms with E-state index in [9.17, 15) is 14.7 Å². The van der Waals surface area contributed by atoms with Crippen LogP contribution in [0.3, 0.4) is 0 Å². The van der Waals surface area contributed by atoms with Gasteiger partial charge in [0, 0.05) is 12.6 Å². The van der Waals surface area contributed by atoms with E-state index in [1.54, 1.807) is 25.2 Å². The first-order chi connectivity index (χ1) is 9.06. The first-order valence-electron chi connectivity index (χ1n) is 5.44. The Hall–Kier alpha value is -2.83. The third-order valence-electron chi connectivity index (χ3n) is 2.83. The fourth-order valence-corrected chi connectivity index (χ4v) is 1.99. The Morgan fingerprint density at radius 1 is 1.47 bits per heavy atom. The molecule has 0 aliphatic rings. The van der Waals surface area contributed by atoms with Gasteiger partial charge in [-0.1, -0.05) is 6.07 Å². The van der Waals surface area contributed by atoms with Gasteiger partial charge in [0.25, 0.3) is 0 Å². The molecule has 0 atom stereocenters. The minimum Gasteiger partial charge on any atom is -0.477 e. The van der Waals surface area contributed by atoms with Gasteiger partial charge < -0.3 is 14.1 Å². The number of aromatic carboxylic acids is 1. The number of carboxylic acids is 1. The number of hydrogen-bond acceptors (Lipinski definition) is 4. The van der Waals surface area contributed by atoms with Crippen molar-refractivity contribution < 1.29 is 14.3 Å². The third kappa shape index (κ3) is 1.71. The summed E-state index contributed by atoms with van der Waals surface area (Å²) in [6, 6.07) is 4.92.